The van der Waals surface area contributed by atoms with Gasteiger partial charge >= 0.3 is 0 Å². The van der Waals surface area contributed by atoms with Crippen molar-refractivity contribution in [2.24, 2.45) is 23.5 Å². The first-order chi connectivity index (χ1) is 20.3. The molecule has 4 atom stereocenters. The van der Waals surface area contributed by atoms with E-state index in [0.29, 0.717) is 16.8 Å². The van der Waals surface area contributed by atoms with Crippen molar-refractivity contribution in [3.8, 4) is 16.9 Å². The van der Waals surface area contributed by atoms with Gasteiger partial charge in [-0.05, 0) is 73.7 Å². The number of allylic oxidation sites excluding steroid dienone is 1. The smallest absolute Gasteiger partial charge is 0.255 e. The number of fused-ring (bicyclic) bond motifs is 3. The molecule has 0 radical (unpaired) electrons. The lowest BCUT2D eigenvalue weighted by molar-refractivity contribution is -0.138. The Morgan fingerprint density at radius 3 is 2.30 bits per heavy atom. The van der Waals surface area contributed by atoms with Gasteiger partial charge in [0.25, 0.3) is 5.91 Å². The number of hydroxylamine groups is 2. The Morgan fingerprint density at radius 2 is 1.70 bits per heavy atom. The molecule has 43 heavy (non-hydrogen) atoms. The number of amides is 2. The summed E-state index contributed by atoms with van der Waals surface area (Å²) >= 11 is 0. The number of ketones is 2. The third-order valence-electron chi connectivity index (χ3n) is 8.61. The van der Waals surface area contributed by atoms with Gasteiger partial charge in [-0.3, -0.25) is 24.1 Å². The number of nitrogens with zero attached hydrogens (tertiary/aromatic N) is 2. The summed E-state index contributed by atoms with van der Waals surface area (Å²) in [7, 11) is 6.45. The number of phenols is 1. The predicted octanol–water partition coefficient (Wildman–Crippen LogP) is 1.95. The summed E-state index contributed by atoms with van der Waals surface area (Å²) < 4.78 is 0. The van der Waals surface area contributed by atoms with Gasteiger partial charge in [-0.15, -0.1) is 0 Å². The molecule has 0 spiro atoms. The Morgan fingerprint density at radius 1 is 1.02 bits per heavy atom. The summed E-state index contributed by atoms with van der Waals surface area (Å²) in [4.78, 5) is 58.2. The Balaban J connectivity index is 1.53. The van der Waals surface area contributed by atoms with E-state index in [-0.39, 0.29) is 42.2 Å². The van der Waals surface area contributed by atoms with Crippen LogP contribution in [-0.4, -0.2) is 89.5 Å². The SMILES string of the molecule is CON(C)CC(=O)Nc1ccc(-c2ccc(O)c3c2C[C@H]2C[C@@H]4C(C(=O)C(C(N)=O)=C(O)[C@@H]4N(C)C)C(=O)C2=C3O)cc1. The van der Waals surface area contributed by atoms with Crippen LogP contribution in [0.15, 0.2) is 53.3 Å². The molecular formula is C31H34N4O8. The summed E-state index contributed by atoms with van der Waals surface area (Å²) in [5.41, 5.74) is 7.62. The topological polar surface area (TPSA) is 183 Å². The number of aliphatic hydroxyl groups is 2. The number of phenolic OH excluding ortho intramolecular Hbond substituents is 1. The quantitative estimate of drug-likeness (QED) is 0.182. The number of hydrogen-bond donors (Lipinski definition) is 5. The number of nitrogens with two attached hydrogens (primary N) is 1. The molecule has 0 aromatic heterocycles. The van der Waals surface area contributed by atoms with Gasteiger partial charge in [0.2, 0.25) is 5.91 Å². The molecule has 0 bridgehead atoms. The van der Waals surface area contributed by atoms with Crippen LogP contribution >= 0.6 is 0 Å². The van der Waals surface area contributed by atoms with Crippen molar-refractivity contribution < 1.29 is 39.3 Å². The molecule has 0 aliphatic heterocycles. The minimum atomic E-state index is -1.31. The second-order valence-corrected chi connectivity index (χ2v) is 11.4. The van der Waals surface area contributed by atoms with Crippen molar-refractivity contribution >= 4 is 34.8 Å². The molecule has 2 amide bonds. The summed E-state index contributed by atoms with van der Waals surface area (Å²) in [6, 6.07) is 9.42. The number of Topliss-reactive ketones (excluding diaryl/α,β-unsaturated/α-hetero) is 2. The Hall–Kier alpha value is -4.52. The minimum absolute atomic E-state index is 0.0244. The Bertz CT molecular complexity index is 1590. The number of aliphatic hydroxyl groups excluding tert-OH is 2. The van der Waals surface area contributed by atoms with Crippen LogP contribution in [-0.2, 0) is 30.4 Å². The number of carbonyl (C=O) groups is 4. The summed E-state index contributed by atoms with van der Waals surface area (Å²) in [6.07, 6.45) is 0.534. The Kier molecular flexibility index (Phi) is 7.86. The molecule has 12 nitrogen and oxygen atoms in total. The van der Waals surface area contributed by atoms with E-state index in [1.54, 1.807) is 56.4 Å². The number of primary amides is 1. The molecule has 12 heteroatoms. The van der Waals surface area contributed by atoms with Crippen LogP contribution in [0.1, 0.15) is 17.5 Å². The van der Waals surface area contributed by atoms with Gasteiger partial charge in [0.1, 0.15) is 29.4 Å². The van der Waals surface area contributed by atoms with E-state index in [1.165, 1.54) is 18.2 Å². The van der Waals surface area contributed by atoms with E-state index in [2.05, 4.69) is 5.32 Å². The molecule has 2 aromatic rings. The highest BCUT2D eigenvalue weighted by Gasteiger charge is 2.55. The number of benzene rings is 2. The molecule has 5 rings (SSSR count). The zero-order chi connectivity index (χ0) is 31.3. The maximum Gasteiger partial charge on any atom is 0.255 e. The number of aromatic hydroxyl groups is 1. The average Bonchev–Trinajstić information content (AvgIpc) is 2.92. The number of nitrogens with one attached hydrogen (secondary N) is 1. The molecule has 1 fully saturated rings. The maximum absolute atomic E-state index is 13.9. The Labute approximate surface area is 248 Å². The molecule has 1 saturated carbocycles. The van der Waals surface area contributed by atoms with Gasteiger partial charge in [0.15, 0.2) is 11.6 Å². The zero-order valence-corrected chi connectivity index (χ0v) is 24.2. The van der Waals surface area contributed by atoms with Crippen LogP contribution in [0.25, 0.3) is 16.9 Å². The third-order valence-corrected chi connectivity index (χ3v) is 8.61. The second-order valence-electron chi connectivity index (χ2n) is 11.4. The summed E-state index contributed by atoms with van der Waals surface area (Å²) in [5.74, 6) is -6.46. The first kappa shape index (κ1) is 30.0. The van der Waals surface area contributed by atoms with Crippen molar-refractivity contribution in [2.75, 3.05) is 40.1 Å². The maximum atomic E-state index is 13.9. The van der Waals surface area contributed by atoms with E-state index in [0.717, 1.165) is 5.56 Å². The second kappa shape index (κ2) is 11.3. The van der Waals surface area contributed by atoms with Crippen molar-refractivity contribution in [1.82, 2.24) is 9.96 Å². The van der Waals surface area contributed by atoms with Crippen molar-refractivity contribution in [3.63, 3.8) is 0 Å². The van der Waals surface area contributed by atoms with Crippen LogP contribution in [0, 0.1) is 17.8 Å². The van der Waals surface area contributed by atoms with E-state index in [4.69, 9.17) is 10.6 Å². The molecule has 3 aliphatic carbocycles. The van der Waals surface area contributed by atoms with E-state index < -0.39 is 58.4 Å². The van der Waals surface area contributed by atoms with Crippen LogP contribution in [0.2, 0.25) is 0 Å². The average molecular weight is 591 g/mol. The molecule has 2 aromatic carbocycles. The molecule has 1 unspecified atom stereocenters. The first-order valence-electron chi connectivity index (χ1n) is 13.8. The summed E-state index contributed by atoms with van der Waals surface area (Å²) in [5, 5.41) is 37.4. The van der Waals surface area contributed by atoms with E-state index in [1.807, 2.05) is 0 Å². The fraction of sp³-hybridized carbons (Fsp3) is 0.355. The number of anilines is 1. The molecule has 3 aliphatic rings. The number of carbonyl (C=O) groups excluding carboxylic acids is 4. The van der Waals surface area contributed by atoms with Gasteiger partial charge in [0.05, 0.1) is 24.6 Å². The van der Waals surface area contributed by atoms with Crippen molar-refractivity contribution in [2.45, 2.75) is 18.9 Å². The first-order valence-corrected chi connectivity index (χ1v) is 13.8. The molecule has 226 valence electrons. The molecular weight excluding hydrogens is 556 g/mol. The minimum Gasteiger partial charge on any atom is -0.510 e. The standard InChI is InChI=1S/C31H34N4O8/c1-34(2)26-19-12-15-11-18-17(14-5-7-16(8-6-14)33-21(37)13-35(3)43-4)9-10-20(36)23(18)27(38)22(15)28(39)24(19)29(40)25(30(26)41)31(32)42/h5-10,15,19,24,26,36,38,41H,11-13H2,1-4H3,(H2,32,42)(H,33,37)/t15-,19+,24?,26+/m0/s1. The van der Waals surface area contributed by atoms with Crippen LogP contribution < -0.4 is 11.1 Å². The molecule has 6 N–H and O–H groups in total. The number of likely N-dealkylation sites (N-methyl/N-ethyl adjacent to an activating group) is 2. The predicted molar refractivity (Wildman–Crippen MR) is 156 cm³/mol. The fourth-order valence-corrected chi connectivity index (χ4v) is 6.74. The van der Waals surface area contributed by atoms with Crippen molar-refractivity contribution in [1.29, 1.82) is 0 Å². The number of rotatable bonds is 7. The van der Waals surface area contributed by atoms with Gasteiger partial charge in [-0.25, -0.2) is 0 Å². The highest BCUT2D eigenvalue weighted by atomic mass is 16.7. The van der Waals surface area contributed by atoms with Gasteiger partial charge in [0, 0.05) is 18.3 Å². The largest absolute Gasteiger partial charge is 0.510 e. The van der Waals surface area contributed by atoms with Crippen LogP contribution in [0.3, 0.4) is 0 Å². The molecule has 0 saturated heterocycles. The summed E-state index contributed by atoms with van der Waals surface area (Å²) in [6.45, 7) is 0.0390. The van der Waals surface area contributed by atoms with Gasteiger partial charge in [-0.2, -0.15) is 5.06 Å². The zero-order valence-electron chi connectivity index (χ0n) is 24.2. The molecule has 0 heterocycles. The third kappa shape index (κ3) is 5.07. The van der Waals surface area contributed by atoms with Crippen LogP contribution in [0.5, 0.6) is 5.75 Å². The number of hydrogen-bond acceptors (Lipinski definition) is 10. The van der Waals surface area contributed by atoms with Gasteiger partial charge < -0.3 is 31.2 Å². The van der Waals surface area contributed by atoms with Gasteiger partial charge in [-0.1, -0.05) is 18.2 Å². The normalized spacial score (nSPS) is 23.3. The lowest BCUT2D eigenvalue weighted by Crippen LogP contribution is -2.55. The highest BCUT2D eigenvalue weighted by Crippen LogP contribution is 2.51. The fourth-order valence-electron chi connectivity index (χ4n) is 6.74. The van der Waals surface area contributed by atoms with Crippen molar-refractivity contribution in [3.05, 3.63) is 64.4 Å². The highest BCUT2D eigenvalue weighted by molar-refractivity contribution is 6.28. The van der Waals surface area contributed by atoms with E-state index >= 15 is 0 Å². The van der Waals surface area contributed by atoms with Crippen LogP contribution in [0.4, 0.5) is 5.69 Å². The van der Waals surface area contributed by atoms with E-state index in [9.17, 15) is 34.5 Å². The lowest BCUT2D eigenvalue weighted by atomic mass is 9.59. The lowest BCUT2D eigenvalue weighted by Gasteiger charge is -2.46. The monoisotopic (exact) mass is 590 g/mol.